The van der Waals surface area contributed by atoms with Gasteiger partial charge in [0.1, 0.15) is 11.2 Å². The molecular formula is C57H35N5O. The molecule has 0 amide bonds. The number of hydrogen-bond acceptors (Lipinski definition) is 4. The number of para-hydroxylation sites is 3. The van der Waals surface area contributed by atoms with E-state index in [9.17, 15) is 0 Å². The molecule has 0 aliphatic carbocycles. The van der Waals surface area contributed by atoms with E-state index >= 15 is 0 Å². The summed E-state index contributed by atoms with van der Waals surface area (Å²) in [5, 5.41) is 7.03. The van der Waals surface area contributed by atoms with Gasteiger partial charge >= 0.3 is 0 Å². The lowest BCUT2D eigenvalue weighted by molar-refractivity contribution is 0.669. The smallest absolute Gasteiger partial charge is 0.164 e. The van der Waals surface area contributed by atoms with E-state index in [0.29, 0.717) is 17.5 Å². The molecule has 4 aromatic heterocycles. The Hall–Kier alpha value is -8.61. The molecule has 0 N–H and O–H groups in total. The molecule has 0 fully saturated rings. The second kappa shape index (κ2) is 14.0. The second-order valence-corrected chi connectivity index (χ2v) is 16.0. The van der Waals surface area contributed by atoms with Crippen LogP contribution in [-0.4, -0.2) is 24.1 Å². The summed E-state index contributed by atoms with van der Waals surface area (Å²) in [6.07, 6.45) is 0. The van der Waals surface area contributed by atoms with Crippen molar-refractivity contribution < 1.29 is 4.42 Å². The number of benzene rings is 9. The van der Waals surface area contributed by atoms with Crippen molar-refractivity contribution in [1.82, 2.24) is 24.1 Å². The second-order valence-electron chi connectivity index (χ2n) is 16.0. The molecule has 0 saturated carbocycles. The van der Waals surface area contributed by atoms with Crippen molar-refractivity contribution in [2.24, 2.45) is 0 Å². The van der Waals surface area contributed by atoms with E-state index in [0.717, 1.165) is 61.1 Å². The quantitative estimate of drug-likeness (QED) is 0.168. The maximum absolute atomic E-state index is 6.51. The maximum Gasteiger partial charge on any atom is 0.164 e. The highest BCUT2D eigenvalue weighted by atomic mass is 16.3. The lowest BCUT2D eigenvalue weighted by Gasteiger charge is -2.13. The molecule has 294 valence electrons. The van der Waals surface area contributed by atoms with E-state index in [1.165, 1.54) is 43.6 Å². The van der Waals surface area contributed by atoms with E-state index in [-0.39, 0.29) is 0 Å². The van der Waals surface area contributed by atoms with Crippen molar-refractivity contribution >= 4 is 65.6 Å². The molecule has 13 aromatic rings. The number of fused-ring (bicyclic) bond motifs is 10. The maximum atomic E-state index is 6.51. The fourth-order valence-electron chi connectivity index (χ4n) is 9.45. The van der Waals surface area contributed by atoms with E-state index in [4.69, 9.17) is 19.4 Å². The van der Waals surface area contributed by atoms with Crippen LogP contribution in [0.25, 0.3) is 122 Å². The van der Waals surface area contributed by atoms with Gasteiger partial charge in [0.2, 0.25) is 0 Å². The van der Waals surface area contributed by atoms with E-state index in [1.807, 2.05) is 66.7 Å². The first kappa shape index (κ1) is 35.2. The zero-order valence-corrected chi connectivity index (χ0v) is 33.9. The molecule has 4 heterocycles. The highest BCUT2D eigenvalue weighted by Crippen LogP contribution is 2.42. The number of aromatic nitrogens is 5. The predicted molar refractivity (Wildman–Crippen MR) is 258 cm³/mol. The van der Waals surface area contributed by atoms with Crippen LogP contribution in [0.3, 0.4) is 0 Å². The summed E-state index contributed by atoms with van der Waals surface area (Å²) in [5.74, 6) is 1.85. The number of furan rings is 1. The lowest BCUT2D eigenvalue weighted by atomic mass is 10.0. The van der Waals surface area contributed by atoms with Gasteiger partial charge < -0.3 is 13.6 Å². The fraction of sp³-hybridized carbons (Fsp3) is 0. The first-order valence-corrected chi connectivity index (χ1v) is 21.2. The number of nitrogens with zero attached hydrogens (tertiary/aromatic N) is 5. The van der Waals surface area contributed by atoms with Gasteiger partial charge in [-0.25, -0.2) is 15.0 Å². The van der Waals surface area contributed by atoms with Crippen LogP contribution in [0.4, 0.5) is 0 Å². The average Bonchev–Trinajstić information content (AvgIpc) is 4.02. The van der Waals surface area contributed by atoms with Gasteiger partial charge in [0, 0.05) is 60.4 Å². The zero-order valence-electron chi connectivity index (χ0n) is 33.9. The SMILES string of the molecule is c1ccc(-c2nc(-c3ccccc3)nc(-c3ccc4c(c3)oc3ccc(-c5ccc(-n6c7ccccc7c7ccc8c9ccccc9n(-c9ccccc9)c8c76)cc5)cc34)n2)cc1. The van der Waals surface area contributed by atoms with Crippen LogP contribution in [-0.2, 0) is 0 Å². The molecule has 0 spiro atoms. The van der Waals surface area contributed by atoms with Gasteiger partial charge in [0.15, 0.2) is 17.5 Å². The Labute approximate surface area is 361 Å². The highest BCUT2D eigenvalue weighted by molar-refractivity contribution is 6.23. The molecule has 63 heavy (non-hydrogen) atoms. The highest BCUT2D eigenvalue weighted by Gasteiger charge is 2.21. The molecule has 0 aliphatic rings. The van der Waals surface area contributed by atoms with Gasteiger partial charge in [-0.15, -0.1) is 0 Å². The third-order valence-electron chi connectivity index (χ3n) is 12.4. The predicted octanol–water partition coefficient (Wildman–Crippen LogP) is 14.6. The minimum Gasteiger partial charge on any atom is -0.456 e. The summed E-state index contributed by atoms with van der Waals surface area (Å²) >= 11 is 0. The van der Waals surface area contributed by atoms with E-state index in [1.54, 1.807) is 0 Å². The molecule has 0 atom stereocenters. The van der Waals surface area contributed by atoms with Crippen LogP contribution in [0.1, 0.15) is 0 Å². The fourth-order valence-corrected chi connectivity index (χ4v) is 9.45. The third-order valence-corrected chi connectivity index (χ3v) is 12.4. The topological polar surface area (TPSA) is 61.7 Å². The zero-order chi connectivity index (χ0) is 41.4. The van der Waals surface area contributed by atoms with Crippen molar-refractivity contribution in [3.05, 3.63) is 212 Å². The van der Waals surface area contributed by atoms with Crippen LogP contribution >= 0.6 is 0 Å². The molecule has 0 saturated heterocycles. The summed E-state index contributed by atoms with van der Waals surface area (Å²) in [7, 11) is 0. The van der Waals surface area contributed by atoms with Crippen molar-refractivity contribution in [1.29, 1.82) is 0 Å². The summed E-state index contributed by atoms with van der Waals surface area (Å²) in [6.45, 7) is 0. The molecule has 0 aliphatic heterocycles. The first-order chi connectivity index (χ1) is 31.2. The Morgan fingerprint density at radius 2 is 0.746 bits per heavy atom. The summed E-state index contributed by atoms with van der Waals surface area (Å²) in [4.78, 5) is 14.8. The van der Waals surface area contributed by atoms with Crippen molar-refractivity contribution in [2.45, 2.75) is 0 Å². The molecule has 9 aromatic carbocycles. The average molecular weight is 806 g/mol. The van der Waals surface area contributed by atoms with E-state index < -0.39 is 0 Å². The first-order valence-electron chi connectivity index (χ1n) is 21.2. The molecule has 6 nitrogen and oxygen atoms in total. The summed E-state index contributed by atoms with van der Waals surface area (Å²) < 4.78 is 11.4. The Morgan fingerprint density at radius 3 is 1.33 bits per heavy atom. The largest absolute Gasteiger partial charge is 0.456 e. The van der Waals surface area contributed by atoms with Crippen LogP contribution in [0, 0.1) is 0 Å². The molecular weight excluding hydrogens is 771 g/mol. The monoisotopic (exact) mass is 805 g/mol. The molecule has 6 heteroatoms. The number of rotatable bonds is 6. The van der Waals surface area contributed by atoms with Crippen molar-refractivity contribution in [2.75, 3.05) is 0 Å². The minimum absolute atomic E-state index is 0.594. The van der Waals surface area contributed by atoms with Crippen LogP contribution in [0.15, 0.2) is 217 Å². The van der Waals surface area contributed by atoms with Gasteiger partial charge in [0.25, 0.3) is 0 Å². The third kappa shape index (κ3) is 5.62. The molecule has 0 unspecified atom stereocenters. The van der Waals surface area contributed by atoms with Crippen LogP contribution in [0.5, 0.6) is 0 Å². The Morgan fingerprint density at radius 1 is 0.286 bits per heavy atom. The Bertz CT molecular complexity index is 3830. The number of hydrogen-bond donors (Lipinski definition) is 0. The summed E-state index contributed by atoms with van der Waals surface area (Å²) in [5.41, 5.74) is 13.6. The van der Waals surface area contributed by atoms with Crippen molar-refractivity contribution in [3.63, 3.8) is 0 Å². The van der Waals surface area contributed by atoms with Gasteiger partial charge in [-0.05, 0) is 71.8 Å². The standard InChI is InChI=1S/C57H35N5O/c1-4-14-37(15-5-1)55-58-56(38-16-6-2-7-17-38)60-57(59-55)40-26-30-45-48-34-39(27-33-51(48)63-52(45)35-40)36-24-28-42(29-25-36)62-50-23-13-11-21-44(50)47-32-31-46-43-20-10-12-22-49(43)61(53(46)54(47)62)41-18-8-3-9-19-41/h1-35H. The Balaban J connectivity index is 0.915. The summed E-state index contributed by atoms with van der Waals surface area (Å²) in [6, 6.07) is 74.6. The van der Waals surface area contributed by atoms with Crippen LogP contribution in [0.2, 0.25) is 0 Å². The lowest BCUT2D eigenvalue weighted by Crippen LogP contribution is -2.00. The molecule has 0 bridgehead atoms. The van der Waals surface area contributed by atoms with Crippen molar-refractivity contribution in [3.8, 4) is 56.7 Å². The molecule has 0 radical (unpaired) electrons. The Kier molecular flexibility index (Phi) is 7.80. The van der Waals surface area contributed by atoms with E-state index in [2.05, 4.69) is 155 Å². The van der Waals surface area contributed by atoms with Gasteiger partial charge in [-0.3, -0.25) is 0 Å². The van der Waals surface area contributed by atoms with Gasteiger partial charge in [-0.2, -0.15) is 0 Å². The molecule has 13 rings (SSSR count). The van der Waals surface area contributed by atoms with Gasteiger partial charge in [-0.1, -0.05) is 152 Å². The minimum atomic E-state index is 0.594. The van der Waals surface area contributed by atoms with Crippen LogP contribution < -0.4 is 0 Å². The van der Waals surface area contributed by atoms with Gasteiger partial charge in [0.05, 0.1) is 22.1 Å². The normalized spacial score (nSPS) is 11.8.